The van der Waals surface area contributed by atoms with E-state index in [9.17, 15) is 18.3 Å². The van der Waals surface area contributed by atoms with E-state index in [0.29, 0.717) is 18.8 Å². The molecule has 1 saturated heterocycles. The van der Waals surface area contributed by atoms with Crippen molar-refractivity contribution >= 4 is 16.2 Å². The molecule has 2 aliphatic carbocycles. The molecule has 0 radical (unpaired) electrons. The Labute approximate surface area is 201 Å². The van der Waals surface area contributed by atoms with Gasteiger partial charge in [-0.2, -0.15) is 4.31 Å². The second kappa shape index (κ2) is 9.66. The van der Waals surface area contributed by atoms with Crippen molar-refractivity contribution in [3.8, 4) is 5.75 Å². The maximum absolute atomic E-state index is 13.4. The fourth-order valence-corrected chi connectivity index (χ4v) is 8.21. The van der Waals surface area contributed by atoms with Crippen molar-refractivity contribution in [2.24, 2.45) is 11.8 Å². The van der Waals surface area contributed by atoms with E-state index in [1.54, 1.807) is 22.5 Å². The Balaban J connectivity index is 1.64. The average Bonchev–Trinajstić information content (AvgIpc) is 3.40. The second-order valence-electron chi connectivity index (χ2n) is 10.1. The van der Waals surface area contributed by atoms with Crippen LogP contribution in [-0.2, 0) is 25.1 Å². The first-order valence-electron chi connectivity index (χ1n) is 12.8. The van der Waals surface area contributed by atoms with Crippen molar-refractivity contribution in [1.82, 2.24) is 4.31 Å². The molecule has 8 nitrogen and oxygen atoms in total. The third kappa shape index (κ3) is 4.31. The van der Waals surface area contributed by atoms with Gasteiger partial charge in [0.1, 0.15) is 11.4 Å². The number of hydrogen-bond donors (Lipinski definition) is 1. The number of carboxylic acid groups (broad SMARTS) is 1. The Bertz CT molecular complexity index is 975. The number of rotatable bonds is 5. The molecule has 34 heavy (non-hydrogen) atoms. The fourth-order valence-electron chi connectivity index (χ4n) is 6.66. The molecule has 1 aromatic carbocycles. The average molecular weight is 494 g/mol. The van der Waals surface area contributed by atoms with E-state index < -0.39 is 28.3 Å². The molecule has 1 N–H and O–H groups in total. The topological polar surface area (TPSA) is 102 Å². The molecule has 4 aliphatic rings. The van der Waals surface area contributed by atoms with Crippen LogP contribution < -0.4 is 4.74 Å². The maximum atomic E-state index is 13.4. The molecule has 188 valence electrons. The Morgan fingerprint density at radius 1 is 0.941 bits per heavy atom. The molecule has 0 amide bonds. The van der Waals surface area contributed by atoms with Gasteiger partial charge in [0, 0.05) is 18.7 Å². The Hall–Kier alpha value is -1.84. The van der Waals surface area contributed by atoms with Gasteiger partial charge >= 0.3 is 12.6 Å². The highest BCUT2D eigenvalue weighted by atomic mass is 32.2. The maximum Gasteiger partial charge on any atom is 0.510 e. The summed E-state index contributed by atoms with van der Waals surface area (Å²) in [4.78, 5) is 11.7. The van der Waals surface area contributed by atoms with Gasteiger partial charge in [0.15, 0.2) is 0 Å². The number of sulfonamides is 1. The second-order valence-corrected chi connectivity index (χ2v) is 12.1. The van der Waals surface area contributed by atoms with E-state index in [2.05, 4.69) is 0 Å². The van der Waals surface area contributed by atoms with Gasteiger partial charge in [0.25, 0.3) is 0 Å². The SMILES string of the molecule is O=C(O)OC1Oc2ccc(S(=O)(=O)N3CCCC3)cc2C(C2CCCCC2)(C2CCCCC2)O1. The molecule has 0 bridgehead atoms. The molecule has 3 fully saturated rings. The first-order valence-corrected chi connectivity index (χ1v) is 14.2. The highest BCUT2D eigenvalue weighted by Gasteiger charge is 2.54. The molecule has 1 unspecified atom stereocenters. The van der Waals surface area contributed by atoms with Gasteiger partial charge in [-0.3, -0.25) is 4.74 Å². The highest BCUT2D eigenvalue weighted by molar-refractivity contribution is 7.89. The molecule has 5 rings (SSSR count). The summed E-state index contributed by atoms with van der Waals surface area (Å²) in [6, 6.07) is 4.99. The molecule has 9 heteroatoms. The number of fused-ring (bicyclic) bond motifs is 1. The van der Waals surface area contributed by atoms with E-state index in [1.807, 2.05) is 0 Å². The largest absolute Gasteiger partial charge is 0.510 e. The van der Waals surface area contributed by atoms with Crippen LogP contribution in [0.1, 0.15) is 82.6 Å². The number of carbonyl (C=O) groups is 1. The fraction of sp³-hybridized carbons (Fsp3) is 0.720. The lowest BCUT2D eigenvalue weighted by Crippen LogP contribution is -2.53. The van der Waals surface area contributed by atoms with Gasteiger partial charge in [-0.1, -0.05) is 38.5 Å². The highest BCUT2D eigenvalue weighted by Crippen LogP contribution is 2.56. The van der Waals surface area contributed by atoms with Crippen molar-refractivity contribution in [2.45, 2.75) is 94.0 Å². The summed E-state index contributed by atoms with van der Waals surface area (Å²) in [7, 11) is -3.62. The monoisotopic (exact) mass is 493 g/mol. The summed E-state index contributed by atoms with van der Waals surface area (Å²) in [5.74, 6) is 0.766. The molecule has 0 spiro atoms. The lowest BCUT2D eigenvalue weighted by atomic mass is 9.63. The van der Waals surface area contributed by atoms with Crippen LogP contribution in [0.15, 0.2) is 23.1 Å². The van der Waals surface area contributed by atoms with Crippen LogP contribution in [0.3, 0.4) is 0 Å². The van der Waals surface area contributed by atoms with E-state index in [4.69, 9.17) is 14.2 Å². The number of ether oxygens (including phenoxy) is 3. The number of benzene rings is 1. The van der Waals surface area contributed by atoms with Gasteiger partial charge in [0.2, 0.25) is 10.0 Å². The van der Waals surface area contributed by atoms with Gasteiger partial charge in [-0.15, -0.1) is 0 Å². The molecule has 2 saturated carbocycles. The van der Waals surface area contributed by atoms with Crippen LogP contribution in [0.5, 0.6) is 5.75 Å². The smallest absolute Gasteiger partial charge is 0.450 e. The summed E-state index contributed by atoms with van der Waals surface area (Å²) in [5, 5.41) is 9.31. The summed E-state index contributed by atoms with van der Waals surface area (Å²) in [6.45, 7) is -0.288. The van der Waals surface area contributed by atoms with E-state index in [0.717, 1.165) is 69.8 Å². The molecule has 1 atom stereocenters. The van der Waals surface area contributed by atoms with Gasteiger partial charge in [-0.25, -0.2) is 13.2 Å². The van der Waals surface area contributed by atoms with Crippen LogP contribution in [0.2, 0.25) is 0 Å². The zero-order valence-electron chi connectivity index (χ0n) is 19.6. The standard InChI is InChI=1S/C25H35NO7S/c27-23(28)32-24-31-22-14-13-20(34(29,30)26-15-7-8-16-26)17-21(22)25(33-24,18-9-3-1-4-10-18)19-11-5-2-6-12-19/h13-14,17-19,24H,1-12,15-16H2,(H,27,28). The van der Waals surface area contributed by atoms with Crippen molar-refractivity contribution in [2.75, 3.05) is 13.1 Å². The third-order valence-electron chi connectivity index (χ3n) is 8.21. The van der Waals surface area contributed by atoms with Crippen molar-refractivity contribution in [3.63, 3.8) is 0 Å². The molecular formula is C25H35NO7S. The van der Waals surface area contributed by atoms with Crippen LogP contribution in [0, 0.1) is 11.8 Å². The quantitative estimate of drug-likeness (QED) is 0.561. The first kappa shape index (κ1) is 23.9. The lowest BCUT2D eigenvalue weighted by molar-refractivity contribution is -0.324. The van der Waals surface area contributed by atoms with Crippen molar-refractivity contribution in [3.05, 3.63) is 23.8 Å². The summed E-state index contributed by atoms with van der Waals surface area (Å²) in [6.07, 6.45) is 10.8. The molecule has 1 aromatic rings. The minimum atomic E-state index is -3.62. The van der Waals surface area contributed by atoms with Crippen molar-refractivity contribution in [1.29, 1.82) is 0 Å². The van der Waals surface area contributed by atoms with Gasteiger partial charge in [-0.05, 0) is 68.6 Å². The first-order chi connectivity index (χ1) is 16.4. The zero-order chi connectivity index (χ0) is 23.8. The van der Waals surface area contributed by atoms with Crippen molar-refractivity contribution < 1.29 is 32.5 Å². The molecule has 2 heterocycles. The Morgan fingerprint density at radius 3 is 2.09 bits per heavy atom. The summed E-state index contributed by atoms with van der Waals surface area (Å²) >= 11 is 0. The predicted molar refractivity (Wildman–Crippen MR) is 124 cm³/mol. The zero-order valence-corrected chi connectivity index (χ0v) is 20.4. The minimum absolute atomic E-state index is 0.150. The van der Waals surface area contributed by atoms with E-state index in [-0.39, 0.29) is 16.7 Å². The summed E-state index contributed by atoms with van der Waals surface area (Å²) < 4.78 is 45.8. The van der Waals surface area contributed by atoms with E-state index >= 15 is 0 Å². The van der Waals surface area contributed by atoms with Crippen LogP contribution in [0.4, 0.5) is 4.79 Å². The van der Waals surface area contributed by atoms with Crippen LogP contribution in [0.25, 0.3) is 0 Å². The lowest BCUT2D eigenvalue weighted by Gasteiger charge is -2.52. The summed E-state index contributed by atoms with van der Waals surface area (Å²) in [5.41, 5.74) is -0.0812. The molecule has 0 aromatic heterocycles. The van der Waals surface area contributed by atoms with Gasteiger partial charge < -0.3 is 14.6 Å². The molecule has 2 aliphatic heterocycles. The Morgan fingerprint density at radius 2 is 1.53 bits per heavy atom. The minimum Gasteiger partial charge on any atom is -0.450 e. The van der Waals surface area contributed by atoms with E-state index in [1.165, 1.54) is 12.8 Å². The predicted octanol–water partition coefficient (Wildman–Crippen LogP) is 5.21. The number of hydrogen-bond acceptors (Lipinski definition) is 6. The number of nitrogens with zero attached hydrogens (tertiary/aromatic N) is 1. The molecular weight excluding hydrogens is 458 g/mol. The van der Waals surface area contributed by atoms with Crippen LogP contribution in [-0.4, -0.2) is 43.6 Å². The van der Waals surface area contributed by atoms with Gasteiger partial charge in [0.05, 0.1) is 4.90 Å². The third-order valence-corrected chi connectivity index (χ3v) is 10.1. The Kier molecular flexibility index (Phi) is 6.79. The normalized spacial score (nSPS) is 26.5. The van der Waals surface area contributed by atoms with Crippen LogP contribution >= 0.6 is 0 Å².